The molecule has 130 valence electrons. The number of benzene rings is 1. The Bertz CT molecular complexity index is 819. The molecule has 0 saturated heterocycles. The van der Waals surface area contributed by atoms with Crippen molar-refractivity contribution in [2.24, 2.45) is 0 Å². The summed E-state index contributed by atoms with van der Waals surface area (Å²) in [5.41, 5.74) is -0.545. The van der Waals surface area contributed by atoms with Crippen LogP contribution in [0.1, 0.15) is 28.8 Å². The molecule has 0 aromatic heterocycles. The van der Waals surface area contributed by atoms with Gasteiger partial charge in [-0.05, 0) is 36.6 Å². The van der Waals surface area contributed by atoms with Gasteiger partial charge in [0.05, 0.1) is 11.8 Å². The number of phenolic OH excluding ortho intramolecular Hbond substituents is 1. The van der Waals surface area contributed by atoms with Gasteiger partial charge < -0.3 is 9.84 Å². The van der Waals surface area contributed by atoms with Crippen molar-refractivity contribution < 1.29 is 27.8 Å². The van der Waals surface area contributed by atoms with Crippen LogP contribution in [-0.4, -0.2) is 15.9 Å². The zero-order chi connectivity index (χ0) is 18.0. The molecule has 0 atom stereocenters. The lowest BCUT2D eigenvalue weighted by atomic mass is 10.0. The summed E-state index contributed by atoms with van der Waals surface area (Å²) in [6, 6.07) is 2.64. The van der Waals surface area contributed by atoms with Crippen LogP contribution < -0.4 is 0 Å². The maximum absolute atomic E-state index is 12.9. The molecule has 0 fully saturated rings. The van der Waals surface area contributed by atoms with Gasteiger partial charge in [-0.3, -0.25) is 9.69 Å². The highest BCUT2D eigenvalue weighted by molar-refractivity contribution is 5.96. The van der Waals surface area contributed by atoms with Crippen LogP contribution in [-0.2, 0) is 10.9 Å². The van der Waals surface area contributed by atoms with E-state index in [1.807, 2.05) is 18.2 Å². The first kappa shape index (κ1) is 16.9. The quantitative estimate of drug-likeness (QED) is 0.857. The molecule has 1 aromatic carbocycles. The molecule has 0 saturated carbocycles. The van der Waals surface area contributed by atoms with Crippen molar-refractivity contribution in [3.8, 4) is 5.75 Å². The Balaban J connectivity index is 1.89. The molecule has 3 rings (SSSR count). The minimum absolute atomic E-state index is 0.190. The van der Waals surface area contributed by atoms with Gasteiger partial charge in [0.2, 0.25) is 0 Å². The van der Waals surface area contributed by atoms with Crippen LogP contribution in [0, 0.1) is 0 Å². The van der Waals surface area contributed by atoms with Crippen molar-refractivity contribution in [3.63, 3.8) is 0 Å². The number of aromatic hydroxyl groups is 1. The average Bonchev–Trinajstić information content (AvgIpc) is 2.61. The Labute approximate surface area is 141 Å². The minimum Gasteiger partial charge on any atom is -0.507 e. The standard InChI is InChI=1S/C18H14F3NO3/c19-18(20,21)14-10-13(6-7-15(14)23)17(24)22-8-9-25-16(11-22)12-4-2-1-3-5-12/h1-2,4,6-11,23H,3,5H2. The van der Waals surface area contributed by atoms with E-state index in [0.717, 1.165) is 35.4 Å². The van der Waals surface area contributed by atoms with E-state index in [1.165, 1.54) is 18.7 Å². The molecule has 1 aliphatic carbocycles. The Hall–Kier alpha value is -2.96. The topological polar surface area (TPSA) is 49.8 Å². The van der Waals surface area contributed by atoms with E-state index < -0.39 is 23.4 Å². The molecule has 0 unspecified atom stereocenters. The second kappa shape index (κ2) is 6.51. The van der Waals surface area contributed by atoms with Crippen molar-refractivity contribution in [2.75, 3.05) is 0 Å². The summed E-state index contributed by atoms with van der Waals surface area (Å²) in [5, 5.41) is 9.37. The number of nitrogens with zero attached hydrogens (tertiary/aromatic N) is 1. The van der Waals surface area contributed by atoms with Crippen molar-refractivity contribution in [3.05, 3.63) is 77.5 Å². The number of allylic oxidation sites excluding steroid dienone is 4. The minimum atomic E-state index is -4.75. The second-order valence-electron chi connectivity index (χ2n) is 5.50. The highest BCUT2D eigenvalue weighted by Crippen LogP contribution is 2.36. The lowest BCUT2D eigenvalue weighted by Crippen LogP contribution is -2.23. The number of carbonyl (C=O) groups is 1. The average molecular weight is 349 g/mol. The predicted octanol–water partition coefficient (Wildman–Crippen LogP) is 4.47. The maximum Gasteiger partial charge on any atom is 0.419 e. The van der Waals surface area contributed by atoms with Gasteiger partial charge in [0.15, 0.2) is 0 Å². The molecule has 7 heteroatoms. The summed E-state index contributed by atoms with van der Waals surface area (Å²) in [4.78, 5) is 13.7. The fourth-order valence-corrected chi connectivity index (χ4v) is 2.51. The highest BCUT2D eigenvalue weighted by atomic mass is 19.4. The first-order chi connectivity index (χ1) is 11.9. The Morgan fingerprint density at radius 1 is 1.28 bits per heavy atom. The molecule has 4 nitrogen and oxygen atoms in total. The molecule has 1 heterocycles. The number of amides is 1. The molecule has 2 aliphatic rings. The number of hydrogen-bond donors (Lipinski definition) is 1. The van der Waals surface area contributed by atoms with Crippen LogP contribution in [0.4, 0.5) is 13.2 Å². The van der Waals surface area contributed by atoms with Gasteiger partial charge in [-0.25, -0.2) is 0 Å². The number of halogens is 3. The molecule has 1 aliphatic heterocycles. The van der Waals surface area contributed by atoms with E-state index >= 15 is 0 Å². The monoisotopic (exact) mass is 349 g/mol. The third-order valence-electron chi connectivity index (χ3n) is 3.79. The number of phenols is 1. The van der Waals surface area contributed by atoms with Crippen LogP contribution in [0.5, 0.6) is 5.75 Å². The SMILES string of the molecule is O=C(c1ccc(O)c(C(F)(F)F)c1)N1C=COC(C2=CC=CCC2)=C1. The van der Waals surface area contributed by atoms with Crippen molar-refractivity contribution in [2.45, 2.75) is 19.0 Å². The van der Waals surface area contributed by atoms with E-state index in [1.54, 1.807) is 0 Å². The van der Waals surface area contributed by atoms with Crippen LogP contribution >= 0.6 is 0 Å². The second-order valence-corrected chi connectivity index (χ2v) is 5.50. The number of carbonyl (C=O) groups excluding carboxylic acids is 1. The third-order valence-corrected chi connectivity index (χ3v) is 3.79. The van der Waals surface area contributed by atoms with Crippen LogP contribution in [0.3, 0.4) is 0 Å². The molecule has 25 heavy (non-hydrogen) atoms. The summed E-state index contributed by atoms with van der Waals surface area (Å²) in [5.74, 6) is -1.11. The van der Waals surface area contributed by atoms with Gasteiger partial charge in [0.1, 0.15) is 17.8 Å². The van der Waals surface area contributed by atoms with Gasteiger partial charge >= 0.3 is 6.18 Å². The fourth-order valence-electron chi connectivity index (χ4n) is 2.51. The normalized spacial score (nSPS) is 17.0. The summed E-state index contributed by atoms with van der Waals surface area (Å²) in [6.45, 7) is 0. The Morgan fingerprint density at radius 3 is 2.76 bits per heavy atom. The molecule has 1 aromatic rings. The molecule has 0 radical (unpaired) electrons. The van der Waals surface area contributed by atoms with Gasteiger partial charge in [-0.2, -0.15) is 13.2 Å². The molecule has 0 spiro atoms. The predicted molar refractivity (Wildman–Crippen MR) is 84.0 cm³/mol. The zero-order valence-electron chi connectivity index (χ0n) is 13.0. The fraction of sp³-hybridized carbons (Fsp3) is 0.167. The summed E-state index contributed by atoms with van der Waals surface area (Å²) in [6.07, 6.45) is 6.65. The number of ether oxygens (including phenoxy) is 1. The van der Waals surface area contributed by atoms with E-state index in [0.29, 0.717) is 11.8 Å². The van der Waals surface area contributed by atoms with Crippen LogP contribution in [0.15, 0.2) is 66.4 Å². The summed E-state index contributed by atoms with van der Waals surface area (Å²) in [7, 11) is 0. The van der Waals surface area contributed by atoms with Gasteiger partial charge in [-0.15, -0.1) is 0 Å². The maximum atomic E-state index is 12.9. The van der Waals surface area contributed by atoms with Gasteiger partial charge in [0, 0.05) is 11.8 Å². The van der Waals surface area contributed by atoms with Crippen molar-refractivity contribution in [1.29, 1.82) is 0 Å². The van der Waals surface area contributed by atoms with E-state index in [2.05, 4.69) is 0 Å². The van der Waals surface area contributed by atoms with Crippen LogP contribution in [0.25, 0.3) is 0 Å². The smallest absolute Gasteiger partial charge is 0.419 e. The molecule has 1 amide bonds. The lowest BCUT2D eigenvalue weighted by Gasteiger charge is -2.22. The molecular weight excluding hydrogens is 335 g/mol. The summed E-state index contributed by atoms with van der Waals surface area (Å²) < 4.78 is 44.1. The van der Waals surface area contributed by atoms with Gasteiger partial charge in [0.25, 0.3) is 5.91 Å². The third kappa shape index (κ3) is 3.60. The number of alkyl halides is 3. The van der Waals surface area contributed by atoms with Crippen LogP contribution in [0.2, 0.25) is 0 Å². The highest BCUT2D eigenvalue weighted by Gasteiger charge is 2.35. The first-order valence-corrected chi connectivity index (χ1v) is 7.50. The van der Waals surface area contributed by atoms with E-state index in [9.17, 15) is 23.1 Å². The van der Waals surface area contributed by atoms with Crippen molar-refractivity contribution in [1.82, 2.24) is 4.90 Å². The Morgan fingerprint density at radius 2 is 2.08 bits per heavy atom. The Kier molecular flexibility index (Phi) is 4.39. The van der Waals surface area contributed by atoms with Crippen molar-refractivity contribution >= 4 is 5.91 Å². The summed E-state index contributed by atoms with van der Waals surface area (Å²) >= 11 is 0. The lowest BCUT2D eigenvalue weighted by molar-refractivity contribution is -0.138. The van der Waals surface area contributed by atoms with Gasteiger partial charge in [-0.1, -0.05) is 18.2 Å². The van der Waals surface area contributed by atoms with E-state index in [4.69, 9.17) is 4.74 Å². The molecular formula is C18H14F3NO3. The molecule has 0 bridgehead atoms. The number of hydrogen-bond acceptors (Lipinski definition) is 3. The largest absolute Gasteiger partial charge is 0.507 e. The first-order valence-electron chi connectivity index (χ1n) is 7.50. The zero-order valence-corrected chi connectivity index (χ0v) is 13.0. The van der Waals surface area contributed by atoms with E-state index in [-0.39, 0.29) is 5.56 Å². The molecule has 1 N–H and O–H groups in total. The number of rotatable bonds is 2.